The molecule has 0 bridgehead atoms. The minimum Gasteiger partial charge on any atom is -0.486 e. The van der Waals surface area contributed by atoms with Gasteiger partial charge in [-0.05, 0) is 43.5 Å². The van der Waals surface area contributed by atoms with E-state index in [9.17, 15) is 0 Å². The van der Waals surface area contributed by atoms with Crippen LogP contribution in [0.15, 0.2) is 18.2 Å². The maximum absolute atomic E-state index is 6.09. The molecule has 2 N–H and O–H groups in total. The fraction of sp³-hybridized carbons (Fsp3) is 0.600. The number of benzene rings is 1. The first-order valence-corrected chi connectivity index (χ1v) is 6.90. The van der Waals surface area contributed by atoms with Crippen LogP contribution in [0.5, 0.6) is 5.75 Å². The van der Waals surface area contributed by atoms with Gasteiger partial charge in [0.25, 0.3) is 0 Å². The monoisotopic (exact) mass is 248 g/mol. The van der Waals surface area contributed by atoms with Crippen LogP contribution < -0.4 is 15.4 Å². The molecule has 1 unspecified atom stereocenters. The molecule has 2 rings (SSSR count). The van der Waals surface area contributed by atoms with Gasteiger partial charge in [0.05, 0.1) is 12.2 Å². The number of nitrogens with zero attached hydrogens (tertiary/aromatic N) is 1. The molecule has 18 heavy (non-hydrogen) atoms. The summed E-state index contributed by atoms with van der Waals surface area (Å²) in [6.07, 6.45) is 1.22. The molecule has 100 valence electrons. The predicted molar refractivity (Wildman–Crippen MR) is 76.3 cm³/mol. The van der Waals surface area contributed by atoms with E-state index >= 15 is 0 Å². The molecule has 0 aromatic heterocycles. The first-order chi connectivity index (χ1) is 8.65. The van der Waals surface area contributed by atoms with Crippen molar-refractivity contribution in [3.05, 3.63) is 23.8 Å². The van der Waals surface area contributed by atoms with Crippen molar-refractivity contribution in [2.75, 3.05) is 24.5 Å². The minimum absolute atomic E-state index is 0.290. The molecule has 0 spiro atoms. The van der Waals surface area contributed by atoms with Crippen molar-refractivity contribution in [1.82, 2.24) is 0 Å². The van der Waals surface area contributed by atoms with Gasteiger partial charge in [0.15, 0.2) is 0 Å². The Morgan fingerprint density at radius 3 is 2.83 bits per heavy atom. The Morgan fingerprint density at radius 1 is 1.44 bits per heavy atom. The normalized spacial score (nSPS) is 18.7. The number of anilines is 1. The molecule has 0 radical (unpaired) electrons. The quantitative estimate of drug-likeness (QED) is 0.889. The zero-order valence-corrected chi connectivity index (χ0v) is 11.6. The zero-order valence-electron chi connectivity index (χ0n) is 11.6. The molecule has 0 aliphatic carbocycles. The van der Waals surface area contributed by atoms with E-state index in [4.69, 9.17) is 10.5 Å². The fourth-order valence-electron chi connectivity index (χ4n) is 2.39. The van der Waals surface area contributed by atoms with Crippen LogP contribution in [-0.2, 0) is 6.42 Å². The number of fused-ring (bicyclic) bond motifs is 1. The highest BCUT2D eigenvalue weighted by Gasteiger charge is 2.26. The van der Waals surface area contributed by atoms with Crippen molar-refractivity contribution in [1.29, 1.82) is 0 Å². The van der Waals surface area contributed by atoms with Crippen LogP contribution in [0.3, 0.4) is 0 Å². The molecular formula is C15H24N2O. The number of nitrogens with two attached hydrogens (primary N) is 1. The van der Waals surface area contributed by atoms with Crippen molar-refractivity contribution in [2.24, 2.45) is 11.7 Å². The van der Waals surface area contributed by atoms with Gasteiger partial charge in [0.1, 0.15) is 11.9 Å². The predicted octanol–water partition coefficient (Wildman–Crippen LogP) is 2.43. The van der Waals surface area contributed by atoms with Crippen LogP contribution in [-0.4, -0.2) is 25.7 Å². The Hall–Kier alpha value is -1.22. The molecule has 3 nitrogen and oxygen atoms in total. The first-order valence-electron chi connectivity index (χ1n) is 6.90. The number of ether oxygens (including phenoxy) is 1. The Labute approximate surface area is 110 Å². The summed E-state index contributed by atoms with van der Waals surface area (Å²) >= 11 is 0. The summed E-state index contributed by atoms with van der Waals surface area (Å²) in [6.45, 7) is 9.32. The number of rotatable bonds is 4. The van der Waals surface area contributed by atoms with Crippen LogP contribution in [0.25, 0.3) is 0 Å². The van der Waals surface area contributed by atoms with Gasteiger partial charge in [-0.2, -0.15) is 0 Å². The van der Waals surface area contributed by atoms with Gasteiger partial charge in [0.2, 0.25) is 0 Å². The second-order valence-corrected chi connectivity index (χ2v) is 5.28. The summed E-state index contributed by atoms with van der Waals surface area (Å²) in [5.41, 5.74) is 8.14. The molecule has 0 fully saturated rings. The summed E-state index contributed by atoms with van der Waals surface area (Å²) in [7, 11) is 0. The van der Waals surface area contributed by atoms with Crippen LogP contribution in [0.1, 0.15) is 26.3 Å². The molecule has 0 amide bonds. The van der Waals surface area contributed by atoms with Crippen molar-refractivity contribution in [2.45, 2.75) is 33.3 Å². The maximum atomic E-state index is 6.09. The van der Waals surface area contributed by atoms with E-state index in [0.717, 1.165) is 25.3 Å². The van der Waals surface area contributed by atoms with Crippen LogP contribution >= 0.6 is 0 Å². The third-order valence-electron chi connectivity index (χ3n) is 3.60. The van der Waals surface area contributed by atoms with E-state index in [0.29, 0.717) is 12.5 Å². The number of hydrogen-bond donors (Lipinski definition) is 1. The number of likely N-dealkylation sites (N-methyl/N-ethyl adjacent to an activating group) is 1. The van der Waals surface area contributed by atoms with Crippen molar-refractivity contribution >= 4 is 5.69 Å². The Balaban J connectivity index is 2.29. The zero-order chi connectivity index (χ0) is 13.1. The lowest BCUT2D eigenvalue weighted by molar-refractivity contribution is 0.146. The topological polar surface area (TPSA) is 38.5 Å². The van der Waals surface area contributed by atoms with E-state index < -0.39 is 0 Å². The second kappa shape index (κ2) is 5.61. The lowest BCUT2D eigenvalue weighted by Crippen LogP contribution is -2.42. The minimum atomic E-state index is 0.290. The molecule has 3 heteroatoms. The summed E-state index contributed by atoms with van der Waals surface area (Å²) in [5, 5.41) is 0. The van der Waals surface area contributed by atoms with Crippen molar-refractivity contribution in [3.8, 4) is 5.75 Å². The smallest absolute Gasteiger partial charge is 0.143 e. The van der Waals surface area contributed by atoms with Crippen LogP contribution in [0.4, 0.5) is 5.69 Å². The third kappa shape index (κ3) is 2.61. The summed E-state index contributed by atoms with van der Waals surface area (Å²) in [5.74, 6) is 1.55. The highest BCUT2D eigenvalue weighted by atomic mass is 16.5. The van der Waals surface area contributed by atoms with Crippen LogP contribution in [0.2, 0.25) is 0 Å². The van der Waals surface area contributed by atoms with E-state index in [1.165, 1.54) is 11.3 Å². The van der Waals surface area contributed by atoms with Gasteiger partial charge in [-0.15, -0.1) is 0 Å². The van der Waals surface area contributed by atoms with Crippen molar-refractivity contribution in [3.63, 3.8) is 0 Å². The SMILES string of the molecule is CCN1CC(C(C)C)Oc2ccc(CCN)cc21. The maximum Gasteiger partial charge on any atom is 0.143 e. The molecule has 0 saturated carbocycles. The van der Waals surface area contributed by atoms with Gasteiger partial charge in [-0.3, -0.25) is 0 Å². The standard InChI is InChI=1S/C15H24N2O/c1-4-17-10-15(11(2)3)18-14-6-5-12(7-8-16)9-13(14)17/h5-6,9,11,15H,4,7-8,10,16H2,1-3H3. The van der Waals surface area contributed by atoms with E-state index in [1.807, 2.05) is 0 Å². The first kappa shape index (κ1) is 13.2. The fourth-order valence-corrected chi connectivity index (χ4v) is 2.39. The van der Waals surface area contributed by atoms with E-state index in [-0.39, 0.29) is 6.10 Å². The van der Waals surface area contributed by atoms with Gasteiger partial charge in [-0.25, -0.2) is 0 Å². The average Bonchev–Trinajstić information content (AvgIpc) is 2.37. The summed E-state index contributed by atoms with van der Waals surface area (Å²) in [6, 6.07) is 6.45. The molecule has 1 atom stereocenters. The third-order valence-corrected chi connectivity index (χ3v) is 3.60. The second-order valence-electron chi connectivity index (χ2n) is 5.28. The molecule has 1 aromatic carbocycles. The average molecular weight is 248 g/mol. The number of hydrogen-bond acceptors (Lipinski definition) is 3. The highest BCUT2D eigenvalue weighted by molar-refractivity contribution is 5.61. The highest BCUT2D eigenvalue weighted by Crippen LogP contribution is 2.35. The van der Waals surface area contributed by atoms with Gasteiger partial charge < -0.3 is 15.4 Å². The van der Waals surface area contributed by atoms with Gasteiger partial charge in [-0.1, -0.05) is 19.9 Å². The molecule has 1 aliphatic rings. The molecule has 1 aromatic rings. The van der Waals surface area contributed by atoms with Gasteiger partial charge >= 0.3 is 0 Å². The molecule has 1 heterocycles. The molecule has 0 saturated heterocycles. The Bertz CT molecular complexity index is 403. The van der Waals surface area contributed by atoms with Crippen LogP contribution in [0, 0.1) is 5.92 Å². The van der Waals surface area contributed by atoms with Crippen molar-refractivity contribution < 1.29 is 4.74 Å². The lowest BCUT2D eigenvalue weighted by atomic mass is 10.0. The van der Waals surface area contributed by atoms with E-state index in [2.05, 4.69) is 43.9 Å². The summed E-state index contributed by atoms with van der Waals surface area (Å²) in [4.78, 5) is 2.41. The Morgan fingerprint density at radius 2 is 2.22 bits per heavy atom. The van der Waals surface area contributed by atoms with Gasteiger partial charge in [0, 0.05) is 6.54 Å². The largest absolute Gasteiger partial charge is 0.486 e. The van der Waals surface area contributed by atoms with E-state index in [1.54, 1.807) is 0 Å². The summed E-state index contributed by atoms with van der Waals surface area (Å²) < 4.78 is 6.09. The molecular weight excluding hydrogens is 224 g/mol. The Kier molecular flexibility index (Phi) is 4.12. The lowest BCUT2D eigenvalue weighted by Gasteiger charge is -2.37. The molecule has 1 aliphatic heterocycles.